The molecule has 0 saturated heterocycles. The van der Waals surface area contributed by atoms with Gasteiger partial charge >= 0.3 is 0 Å². The second kappa shape index (κ2) is 27.6. The second-order valence-electron chi connectivity index (χ2n) is 16.1. The lowest BCUT2D eigenvalue weighted by Gasteiger charge is -2.24. The van der Waals surface area contributed by atoms with Gasteiger partial charge in [0.2, 0.25) is 0 Å². The van der Waals surface area contributed by atoms with Crippen molar-refractivity contribution in [1.29, 1.82) is 0 Å². The van der Waals surface area contributed by atoms with Crippen LogP contribution in [0.5, 0.6) is 0 Å². The SMILES string of the molecule is CCCCC(CC(=O)C(CCC(C)=O)CC(=O)C(CC(C)=O)CC(C)=O)C(=O)CC(CCC(C)=O)C(=O)CC(CCC(C)=O)C(=O)CC(CCC(C)=O)C(C)=O. The van der Waals surface area contributed by atoms with Gasteiger partial charge in [0.1, 0.15) is 69.4 Å². The van der Waals surface area contributed by atoms with Crippen LogP contribution < -0.4 is 0 Å². The fraction of sp³-hybridized carbons (Fsp3) is 0.727. The molecule has 314 valence electrons. The zero-order valence-corrected chi connectivity index (χ0v) is 35.1. The van der Waals surface area contributed by atoms with Crippen molar-refractivity contribution < 1.29 is 57.5 Å². The molecule has 0 aliphatic rings. The van der Waals surface area contributed by atoms with Crippen molar-refractivity contribution in [2.24, 2.45) is 35.5 Å². The van der Waals surface area contributed by atoms with Crippen molar-refractivity contribution in [1.82, 2.24) is 0 Å². The zero-order chi connectivity index (χ0) is 43.1. The van der Waals surface area contributed by atoms with Crippen LogP contribution in [0, 0.1) is 35.5 Å². The molecule has 0 rings (SSSR count). The summed E-state index contributed by atoms with van der Waals surface area (Å²) in [4.78, 5) is 152. The van der Waals surface area contributed by atoms with Crippen molar-refractivity contribution in [3.63, 3.8) is 0 Å². The summed E-state index contributed by atoms with van der Waals surface area (Å²) in [7, 11) is 0. The Morgan fingerprint density at radius 1 is 0.304 bits per heavy atom. The fourth-order valence-electron chi connectivity index (χ4n) is 6.96. The first kappa shape index (κ1) is 52.0. The van der Waals surface area contributed by atoms with Crippen LogP contribution in [0.4, 0.5) is 0 Å². The smallest absolute Gasteiger partial charge is 0.137 e. The number of unbranched alkanes of at least 4 members (excludes halogenated alkanes) is 1. The van der Waals surface area contributed by atoms with Crippen LogP contribution >= 0.6 is 0 Å². The molecule has 5 unspecified atom stereocenters. The van der Waals surface area contributed by atoms with Crippen LogP contribution in [0.15, 0.2) is 0 Å². The van der Waals surface area contributed by atoms with E-state index in [0.29, 0.717) is 19.3 Å². The summed E-state index contributed by atoms with van der Waals surface area (Å²) < 4.78 is 0. The van der Waals surface area contributed by atoms with Gasteiger partial charge in [0.25, 0.3) is 0 Å². The van der Waals surface area contributed by atoms with E-state index in [9.17, 15) is 57.5 Å². The normalized spacial score (nSPS) is 13.9. The lowest BCUT2D eigenvalue weighted by molar-refractivity contribution is -0.136. The summed E-state index contributed by atoms with van der Waals surface area (Å²) in [5.74, 6) is -8.92. The Balaban J connectivity index is 6.44. The molecule has 0 aromatic heterocycles. The van der Waals surface area contributed by atoms with Gasteiger partial charge in [-0.1, -0.05) is 19.8 Å². The van der Waals surface area contributed by atoms with Crippen molar-refractivity contribution in [3.05, 3.63) is 0 Å². The predicted molar refractivity (Wildman–Crippen MR) is 210 cm³/mol. The highest BCUT2D eigenvalue weighted by atomic mass is 16.2. The average molecular weight is 787 g/mol. The number of carbonyl (C=O) groups is 12. The van der Waals surface area contributed by atoms with E-state index in [1.54, 1.807) is 0 Å². The molecular formula is C44H66O12. The van der Waals surface area contributed by atoms with Gasteiger partial charge in [-0.3, -0.25) is 28.8 Å². The van der Waals surface area contributed by atoms with Gasteiger partial charge in [0.05, 0.1) is 0 Å². The van der Waals surface area contributed by atoms with Crippen LogP contribution in [0.1, 0.15) is 171 Å². The third-order valence-electron chi connectivity index (χ3n) is 10.4. The number of ketones is 12. The standard InChI is InChI=1S/C44H66O12/c1-9-10-11-35(23-42(54)38(19-15-30(5)48)26-44(56)39(20-31(6)49)21-32(7)50)41(53)24-37(18-14-29(4)47)43(55)25-36(17-13-28(3)46)40(52)22-34(33(8)51)16-12-27(2)45/h34-39H,9-26H2,1-8H3. The molecule has 0 aromatic carbocycles. The summed E-state index contributed by atoms with van der Waals surface area (Å²) in [5, 5.41) is 0. The number of rotatable bonds is 35. The molecule has 12 heteroatoms. The molecule has 12 nitrogen and oxygen atoms in total. The Kier molecular flexibility index (Phi) is 25.7. The summed E-state index contributed by atoms with van der Waals surface area (Å²) in [6.45, 7) is 11.3. The van der Waals surface area contributed by atoms with Gasteiger partial charge in [-0.25, -0.2) is 0 Å². The van der Waals surface area contributed by atoms with Crippen molar-refractivity contribution in [2.45, 2.75) is 171 Å². The fourth-order valence-corrected chi connectivity index (χ4v) is 6.96. The van der Waals surface area contributed by atoms with E-state index in [2.05, 4.69) is 0 Å². The minimum Gasteiger partial charge on any atom is -0.300 e. The molecule has 0 saturated carbocycles. The van der Waals surface area contributed by atoms with E-state index >= 15 is 0 Å². The van der Waals surface area contributed by atoms with Crippen molar-refractivity contribution in [2.75, 3.05) is 0 Å². The van der Waals surface area contributed by atoms with Crippen LogP contribution in [0.25, 0.3) is 0 Å². The van der Waals surface area contributed by atoms with E-state index in [1.807, 2.05) is 6.92 Å². The first-order valence-electron chi connectivity index (χ1n) is 20.2. The minimum atomic E-state index is -0.964. The van der Waals surface area contributed by atoms with Crippen molar-refractivity contribution in [3.8, 4) is 0 Å². The number of Topliss-reactive ketones (excluding diaryl/α,β-unsaturated/α-hetero) is 12. The van der Waals surface area contributed by atoms with Gasteiger partial charge in [-0.2, -0.15) is 0 Å². The monoisotopic (exact) mass is 786 g/mol. The second-order valence-corrected chi connectivity index (χ2v) is 16.1. The molecule has 0 radical (unpaired) electrons. The topological polar surface area (TPSA) is 205 Å². The molecule has 0 aromatic rings. The Hall–Kier alpha value is -3.96. The van der Waals surface area contributed by atoms with E-state index in [0.717, 1.165) is 0 Å². The van der Waals surface area contributed by atoms with E-state index < -0.39 is 58.6 Å². The molecule has 0 aliphatic carbocycles. The van der Waals surface area contributed by atoms with Crippen LogP contribution in [0.2, 0.25) is 0 Å². The maximum Gasteiger partial charge on any atom is 0.137 e. The lowest BCUT2D eigenvalue weighted by atomic mass is 9.78. The summed E-state index contributed by atoms with van der Waals surface area (Å²) in [6, 6.07) is 0. The first-order chi connectivity index (χ1) is 26.1. The van der Waals surface area contributed by atoms with Crippen LogP contribution in [-0.2, 0) is 57.5 Å². The maximum absolute atomic E-state index is 14.0. The third-order valence-corrected chi connectivity index (χ3v) is 10.4. The van der Waals surface area contributed by atoms with E-state index in [4.69, 9.17) is 0 Å². The van der Waals surface area contributed by atoms with Gasteiger partial charge in [0, 0.05) is 106 Å². The largest absolute Gasteiger partial charge is 0.300 e. The Morgan fingerprint density at radius 3 is 0.804 bits per heavy atom. The van der Waals surface area contributed by atoms with Crippen molar-refractivity contribution >= 4 is 69.4 Å². The summed E-state index contributed by atoms with van der Waals surface area (Å²) in [5.41, 5.74) is 0. The molecule has 0 bridgehead atoms. The molecule has 0 N–H and O–H groups in total. The molecule has 0 fully saturated rings. The van der Waals surface area contributed by atoms with E-state index in [1.165, 1.54) is 48.5 Å². The predicted octanol–water partition coefficient (Wildman–Crippen LogP) is 6.69. The quantitative estimate of drug-likeness (QED) is 0.0659. The summed E-state index contributed by atoms with van der Waals surface area (Å²) in [6.07, 6.45) is 0.358. The Morgan fingerprint density at radius 2 is 0.554 bits per heavy atom. The van der Waals surface area contributed by atoms with Gasteiger partial charge in [-0.15, -0.1) is 0 Å². The van der Waals surface area contributed by atoms with Gasteiger partial charge < -0.3 is 28.8 Å². The minimum absolute atomic E-state index is 0.0103. The number of hydrogen-bond acceptors (Lipinski definition) is 12. The van der Waals surface area contributed by atoms with Gasteiger partial charge in [-0.05, 0) is 80.6 Å². The maximum atomic E-state index is 14.0. The molecule has 0 heterocycles. The highest BCUT2D eigenvalue weighted by Crippen LogP contribution is 2.30. The van der Waals surface area contributed by atoms with Gasteiger partial charge in [0.15, 0.2) is 0 Å². The molecule has 0 aliphatic heterocycles. The zero-order valence-electron chi connectivity index (χ0n) is 35.1. The molecule has 0 spiro atoms. The Labute approximate surface area is 332 Å². The van der Waals surface area contributed by atoms with Crippen LogP contribution in [0.3, 0.4) is 0 Å². The highest BCUT2D eigenvalue weighted by molar-refractivity contribution is 5.97. The average Bonchev–Trinajstić information content (AvgIpc) is 3.08. The highest BCUT2D eigenvalue weighted by Gasteiger charge is 2.34. The lowest BCUT2D eigenvalue weighted by Crippen LogP contribution is -2.31. The Bertz CT molecular complexity index is 1440. The first-order valence-corrected chi connectivity index (χ1v) is 20.2. The molecule has 5 atom stereocenters. The molecular weight excluding hydrogens is 720 g/mol. The number of hydrogen-bond donors (Lipinski definition) is 0. The molecule has 56 heavy (non-hydrogen) atoms. The summed E-state index contributed by atoms with van der Waals surface area (Å²) >= 11 is 0. The number of carbonyl (C=O) groups excluding carboxylic acids is 12. The molecule has 0 amide bonds. The van der Waals surface area contributed by atoms with Crippen LogP contribution in [-0.4, -0.2) is 69.4 Å². The van der Waals surface area contributed by atoms with E-state index in [-0.39, 0.29) is 143 Å². The third kappa shape index (κ3) is 23.2.